The number of nitrogens with zero attached hydrogens (tertiary/aromatic N) is 1. The van der Waals surface area contributed by atoms with E-state index in [1.807, 2.05) is 6.92 Å². The van der Waals surface area contributed by atoms with Crippen LogP contribution in [0.2, 0.25) is 5.02 Å². The largest absolute Gasteiger partial charge is 0.508 e. The minimum atomic E-state index is -0.346. The Labute approximate surface area is 179 Å². The molecular weight excluding hydrogens is 406 g/mol. The molecule has 0 aliphatic carbocycles. The third-order valence-electron chi connectivity index (χ3n) is 5.86. The maximum Gasteiger partial charge on any atom is 0.262 e. The molecule has 2 aromatic rings. The molecule has 2 aliphatic heterocycles. The Kier molecular flexibility index (Phi) is 5.58. The highest BCUT2D eigenvalue weighted by atomic mass is 35.5. The van der Waals surface area contributed by atoms with Crippen LogP contribution in [0.1, 0.15) is 40.4 Å². The van der Waals surface area contributed by atoms with Gasteiger partial charge in [0, 0.05) is 35.3 Å². The summed E-state index contributed by atoms with van der Waals surface area (Å²) in [6.45, 7) is 2.93. The first-order valence-corrected chi connectivity index (χ1v) is 10.3. The van der Waals surface area contributed by atoms with Crippen molar-refractivity contribution >= 4 is 29.1 Å². The van der Waals surface area contributed by atoms with Crippen molar-refractivity contribution in [3.63, 3.8) is 0 Å². The zero-order chi connectivity index (χ0) is 21.4. The van der Waals surface area contributed by atoms with Gasteiger partial charge in [-0.2, -0.15) is 0 Å². The molecule has 1 saturated heterocycles. The smallest absolute Gasteiger partial charge is 0.262 e. The summed E-state index contributed by atoms with van der Waals surface area (Å²) in [6, 6.07) is 8.08. The number of nitrogens with two attached hydrogens (primary N) is 1. The fourth-order valence-corrected chi connectivity index (χ4v) is 4.23. The van der Waals surface area contributed by atoms with Gasteiger partial charge in [-0.05, 0) is 61.6 Å². The molecule has 0 spiro atoms. The first-order valence-electron chi connectivity index (χ1n) is 9.94. The molecule has 30 heavy (non-hydrogen) atoms. The fraction of sp³-hybridized carbons (Fsp3) is 0.364. The Bertz CT molecular complexity index is 1000. The quantitative estimate of drug-likeness (QED) is 0.694. The molecular formula is C22H24ClN3O4. The van der Waals surface area contributed by atoms with Crippen LogP contribution in [0, 0.1) is 12.8 Å². The van der Waals surface area contributed by atoms with Gasteiger partial charge in [-0.3, -0.25) is 9.59 Å². The predicted octanol–water partition coefficient (Wildman–Crippen LogP) is 3.24. The number of aryl methyl sites for hydroxylation is 1. The molecule has 1 fully saturated rings. The van der Waals surface area contributed by atoms with Gasteiger partial charge in [0.2, 0.25) is 0 Å². The number of ether oxygens (including phenoxy) is 1. The van der Waals surface area contributed by atoms with Crippen molar-refractivity contribution < 1.29 is 19.4 Å². The summed E-state index contributed by atoms with van der Waals surface area (Å²) in [5.74, 6) is 0.515. The molecule has 4 N–H and O–H groups in total. The second kappa shape index (κ2) is 8.16. The minimum absolute atomic E-state index is 0.0518. The predicted molar refractivity (Wildman–Crippen MR) is 114 cm³/mol. The van der Waals surface area contributed by atoms with Gasteiger partial charge in [0.05, 0.1) is 5.69 Å². The molecule has 8 heteroatoms. The zero-order valence-electron chi connectivity index (χ0n) is 16.7. The van der Waals surface area contributed by atoms with Crippen molar-refractivity contribution in [2.75, 3.05) is 25.0 Å². The number of phenols is 1. The van der Waals surface area contributed by atoms with Crippen LogP contribution in [0.4, 0.5) is 5.69 Å². The highest BCUT2D eigenvalue weighted by Gasteiger charge is 2.30. The second-order valence-corrected chi connectivity index (χ2v) is 8.27. The number of likely N-dealkylation sites (tertiary alicyclic amines) is 1. The highest BCUT2D eigenvalue weighted by molar-refractivity contribution is 6.31. The van der Waals surface area contributed by atoms with Gasteiger partial charge in [0.15, 0.2) is 6.61 Å². The number of fused-ring (bicyclic) bond motifs is 1. The van der Waals surface area contributed by atoms with Gasteiger partial charge in [-0.25, -0.2) is 0 Å². The molecule has 0 saturated carbocycles. The lowest BCUT2D eigenvalue weighted by atomic mass is 9.85. The summed E-state index contributed by atoms with van der Waals surface area (Å²) in [5.41, 5.74) is 8.98. The Hall–Kier alpha value is -2.77. The Morgan fingerprint density at radius 2 is 2.03 bits per heavy atom. The van der Waals surface area contributed by atoms with Crippen molar-refractivity contribution in [3.8, 4) is 11.5 Å². The molecule has 1 unspecified atom stereocenters. The van der Waals surface area contributed by atoms with Crippen molar-refractivity contribution in [3.05, 3.63) is 52.0 Å². The molecule has 7 nitrogen and oxygen atoms in total. The van der Waals surface area contributed by atoms with Gasteiger partial charge in [0.25, 0.3) is 11.8 Å². The molecule has 4 rings (SSSR count). The number of anilines is 1. The number of halogens is 1. The lowest BCUT2D eigenvalue weighted by Gasteiger charge is -2.35. The van der Waals surface area contributed by atoms with Crippen molar-refractivity contribution in [2.24, 2.45) is 11.7 Å². The number of piperidine rings is 1. The molecule has 2 amide bonds. The van der Waals surface area contributed by atoms with Gasteiger partial charge in [0.1, 0.15) is 11.5 Å². The van der Waals surface area contributed by atoms with Gasteiger partial charge >= 0.3 is 0 Å². The van der Waals surface area contributed by atoms with Gasteiger partial charge in [-0.1, -0.05) is 11.6 Å². The van der Waals surface area contributed by atoms with Crippen LogP contribution in [0.5, 0.6) is 11.5 Å². The summed E-state index contributed by atoms with van der Waals surface area (Å²) in [5, 5.41) is 13.6. The SMILES string of the molecule is Cc1cc(O)c(C(N)C2CCN(C(=O)c3ccc4c(c3)OCC(=O)N4)CC2)cc1Cl. The zero-order valence-corrected chi connectivity index (χ0v) is 17.4. The number of rotatable bonds is 3. The summed E-state index contributed by atoms with van der Waals surface area (Å²) in [4.78, 5) is 26.1. The van der Waals surface area contributed by atoms with Crippen molar-refractivity contribution in [1.82, 2.24) is 4.90 Å². The third kappa shape index (κ3) is 3.95. The van der Waals surface area contributed by atoms with E-state index in [1.54, 1.807) is 35.2 Å². The molecule has 2 heterocycles. The molecule has 2 aromatic carbocycles. The molecule has 1 atom stereocenters. The Morgan fingerprint density at radius 3 is 2.77 bits per heavy atom. The second-order valence-electron chi connectivity index (χ2n) is 7.86. The number of nitrogens with one attached hydrogen (secondary N) is 1. The van der Waals surface area contributed by atoms with Gasteiger partial charge in [-0.15, -0.1) is 0 Å². The minimum Gasteiger partial charge on any atom is -0.508 e. The molecule has 0 radical (unpaired) electrons. The lowest BCUT2D eigenvalue weighted by molar-refractivity contribution is -0.118. The van der Waals surface area contributed by atoms with Crippen LogP contribution in [-0.4, -0.2) is 41.5 Å². The summed E-state index contributed by atoms with van der Waals surface area (Å²) >= 11 is 6.21. The number of carbonyl (C=O) groups is 2. The van der Waals surface area contributed by atoms with E-state index in [4.69, 9.17) is 22.1 Å². The number of hydrogen-bond acceptors (Lipinski definition) is 5. The van der Waals surface area contributed by atoms with Crippen LogP contribution >= 0.6 is 11.6 Å². The number of aromatic hydroxyl groups is 1. The monoisotopic (exact) mass is 429 g/mol. The normalized spacial score (nSPS) is 17.7. The maximum absolute atomic E-state index is 12.9. The van der Waals surface area contributed by atoms with E-state index in [2.05, 4.69) is 5.32 Å². The van der Waals surface area contributed by atoms with E-state index in [1.165, 1.54) is 0 Å². The van der Waals surface area contributed by atoms with Crippen molar-refractivity contribution in [2.45, 2.75) is 25.8 Å². The molecule has 0 aromatic heterocycles. The van der Waals surface area contributed by atoms with Crippen LogP contribution in [0.15, 0.2) is 30.3 Å². The van der Waals surface area contributed by atoms with Crippen molar-refractivity contribution in [1.29, 1.82) is 0 Å². The van der Waals surface area contributed by atoms with Gasteiger partial charge < -0.3 is 25.8 Å². The van der Waals surface area contributed by atoms with Crippen LogP contribution in [0.3, 0.4) is 0 Å². The highest BCUT2D eigenvalue weighted by Crippen LogP contribution is 2.36. The standard InChI is InChI=1S/C22H24ClN3O4/c1-12-8-18(27)15(10-16(12)23)21(24)13-4-6-26(7-5-13)22(29)14-2-3-17-19(9-14)30-11-20(28)25-17/h2-3,8-10,13,21,27H,4-7,11,24H2,1H3,(H,25,28). The summed E-state index contributed by atoms with van der Waals surface area (Å²) in [6.07, 6.45) is 1.46. The first kappa shape index (κ1) is 20.5. The topological polar surface area (TPSA) is 105 Å². The lowest BCUT2D eigenvalue weighted by Crippen LogP contribution is -2.41. The summed E-state index contributed by atoms with van der Waals surface area (Å²) in [7, 11) is 0. The average molecular weight is 430 g/mol. The van der Waals surface area contributed by atoms with E-state index in [-0.39, 0.29) is 36.1 Å². The third-order valence-corrected chi connectivity index (χ3v) is 6.27. The maximum atomic E-state index is 12.9. The van der Waals surface area contributed by atoms with Crippen LogP contribution < -0.4 is 15.8 Å². The van der Waals surface area contributed by atoms with E-state index >= 15 is 0 Å². The van der Waals surface area contributed by atoms with E-state index in [9.17, 15) is 14.7 Å². The number of benzene rings is 2. The first-order chi connectivity index (χ1) is 14.3. The van der Waals surface area contributed by atoms with E-state index in [0.717, 1.165) is 18.4 Å². The number of amides is 2. The number of hydrogen-bond donors (Lipinski definition) is 3. The molecule has 158 valence electrons. The fourth-order valence-electron chi connectivity index (χ4n) is 4.05. The summed E-state index contributed by atoms with van der Waals surface area (Å²) < 4.78 is 5.41. The Morgan fingerprint density at radius 1 is 1.30 bits per heavy atom. The number of carbonyl (C=O) groups excluding carboxylic acids is 2. The number of phenolic OH excluding ortho intramolecular Hbond substituents is 1. The van der Waals surface area contributed by atoms with Crippen LogP contribution in [0.25, 0.3) is 0 Å². The molecule has 0 bridgehead atoms. The van der Waals surface area contributed by atoms with E-state index < -0.39 is 0 Å². The Balaban J connectivity index is 1.41. The van der Waals surface area contributed by atoms with E-state index in [0.29, 0.717) is 40.7 Å². The average Bonchev–Trinajstić information content (AvgIpc) is 2.75. The molecule has 2 aliphatic rings. The van der Waals surface area contributed by atoms with Crippen LogP contribution in [-0.2, 0) is 4.79 Å².